The molecule has 0 saturated heterocycles. The minimum atomic E-state index is -0.545. The number of halogens is 1. The summed E-state index contributed by atoms with van der Waals surface area (Å²) in [6.07, 6.45) is 1.31. The Morgan fingerprint density at radius 3 is 2.79 bits per heavy atom. The van der Waals surface area contributed by atoms with Gasteiger partial charge in [-0.05, 0) is 18.6 Å². The second-order valence-corrected chi connectivity index (χ2v) is 3.90. The van der Waals surface area contributed by atoms with Gasteiger partial charge in [0.1, 0.15) is 0 Å². The molecule has 0 spiro atoms. The van der Waals surface area contributed by atoms with Crippen LogP contribution >= 0.6 is 11.6 Å². The Kier molecular flexibility index (Phi) is 2.48. The summed E-state index contributed by atoms with van der Waals surface area (Å²) >= 11 is 6.09. The van der Waals surface area contributed by atoms with E-state index in [2.05, 4.69) is 4.98 Å². The van der Waals surface area contributed by atoms with Crippen molar-refractivity contribution >= 4 is 22.5 Å². The van der Waals surface area contributed by atoms with Crippen molar-refractivity contribution in [3.8, 4) is 0 Å². The number of H-pyrrole nitrogens is 1. The molecule has 2 unspecified atom stereocenters. The van der Waals surface area contributed by atoms with Gasteiger partial charge in [0.2, 0.25) is 0 Å². The molecule has 1 aromatic carbocycles. The van der Waals surface area contributed by atoms with Gasteiger partial charge in [-0.2, -0.15) is 0 Å². The van der Waals surface area contributed by atoms with E-state index in [1.807, 2.05) is 30.5 Å². The monoisotopic (exact) mass is 209 g/mol. The van der Waals surface area contributed by atoms with Crippen LogP contribution in [-0.2, 0) is 0 Å². The molecule has 0 aliphatic rings. The summed E-state index contributed by atoms with van der Waals surface area (Å²) in [4.78, 5) is 3.13. The lowest BCUT2D eigenvalue weighted by Gasteiger charge is -2.10. The van der Waals surface area contributed by atoms with Gasteiger partial charge in [0.15, 0.2) is 0 Å². The first kappa shape index (κ1) is 9.56. The lowest BCUT2D eigenvalue weighted by molar-refractivity contribution is 0.190. The summed E-state index contributed by atoms with van der Waals surface area (Å²) in [6.45, 7) is 1.69. The first-order valence-corrected chi connectivity index (χ1v) is 5.02. The third-order valence-electron chi connectivity index (χ3n) is 2.34. The molecule has 2 rings (SSSR count). The zero-order valence-corrected chi connectivity index (χ0v) is 8.62. The number of fused-ring (bicyclic) bond motifs is 1. The predicted octanol–water partition coefficient (Wildman–Crippen LogP) is 2.83. The minimum Gasteiger partial charge on any atom is -0.392 e. The Bertz CT molecular complexity index is 436. The standard InChI is InChI=1S/C11H12ClNO/c1-7(14)11(12)9-6-13-10-5-3-2-4-8(9)10/h2-7,11,13-14H,1H3. The van der Waals surface area contributed by atoms with E-state index < -0.39 is 6.10 Å². The Morgan fingerprint density at radius 1 is 1.36 bits per heavy atom. The lowest BCUT2D eigenvalue weighted by Crippen LogP contribution is -2.07. The molecule has 74 valence electrons. The van der Waals surface area contributed by atoms with Crippen molar-refractivity contribution < 1.29 is 5.11 Å². The fourth-order valence-electron chi connectivity index (χ4n) is 1.58. The van der Waals surface area contributed by atoms with Crippen molar-refractivity contribution in [3.63, 3.8) is 0 Å². The summed E-state index contributed by atoms with van der Waals surface area (Å²) in [5, 5.41) is 10.1. The Morgan fingerprint density at radius 2 is 2.07 bits per heavy atom. The number of aliphatic hydroxyl groups excluding tert-OH is 1. The summed E-state index contributed by atoms with van der Waals surface area (Å²) in [5.41, 5.74) is 2.01. The SMILES string of the molecule is CC(O)C(Cl)c1c[nH]c2ccccc12. The molecular weight excluding hydrogens is 198 g/mol. The molecule has 14 heavy (non-hydrogen) atoms. The summed E-state index contributed by atoms with van der Waals surface area (Å²) < 4.78 is 0. The van der Waals surface area contributed by atoms with Crippen molar-refractivity contribution in [1.29, 1.82) is 0 Å². The second kappa shape index (κ2) is 3.64. The van der Waals surface area contributed by atoms with Crippen LogP contribution in [-0.4, -0.2) is 16.2 Å². The molecule has 2 aromatic rings. The zero-order valence-electron chi connectivity index (χ0n) is 7.87. The maximum Gasteiger partial charge on any atom is 0.0862 e. The van der Waals surface area contributed by atoms with Gasteiger partial charge in [0, 0.05) is 17.1 Å². The zero-order chi connectivity index (χ0) is 10.1. The number of benzene rings is 1. The molecule has 0 bridgehead atoms. The number of aromatic amines is 1. The van der Waals surface area contributed by atoms with Crippen molar-refractivity contribution in [2.75, 3.05) is 0 Å². The normalized spacial score (nSPS) is 15.6. The fourth-order valence-corrected chi connectivity index (χ4v) is 1.76. The number of alkyl halides is 1. The number of rotatable bonds is 2. The van der Waals surface area contributed by atoms with Crippen LogP contribution in [0.2, 0.25) is 0 Å². The fraction of sp³-hybridized carbons (Fsp3) is 0.273. The molecule has 0 saturated carbocycles. The largest absolute Gasteiger partial charge is 0.392 e. The van der Waals surface area contributed by atoms with E-state index in [4.69, 9.17) is 11.6 Å². The number of hydrogen-bond donors (Lipinski definition) is 2. The van der Waals surface area contributed by atoms with Gasteiger partial charge >= 0.3 is 0 Å². The van der Waals surface area contributed by atoms with Crippen molar-refractivity contribution in [2.45, 2.75) is 18.4 Å². The van der Waals surface area contributed by atoms with Gasteiger partial charge in [-0.15, -0.1) is 11.6 Å². The number of nitrogens with one attached hydrogen (secondary N) is 1. The topological polar surface area (TPSA) is 36.0 Å². The van der Waals surface area contributed by atoms with Crippen LogP contribution in [0.3, 0.4) is 0 Å². The van der Waals surface area contributed by atoms with Gasteiger partial charge in [-0.3, -0.25) is 0 Å². The van der Waals surface area contributed by atoms with Crippen molar-refractivity contribution in [3.05, 3.63) is 36.0 Å². The van der Waals surface area contributed by atoms with E-state index in [0.29, 0.717) is 0 Å². The average Bonchev–Trinajstić information content (AvgIpc) is 2.60. The average molecular weight is 210 g/mol. The number of aromatic nitrogens is 1. The van der Waals surface area contributed by atoms with Gasteiger partial charge in [0.25, 0.3) is 0 Å². The second-order valence-electron chi connectivity index (χ2n) is 3.43. The molecule has 0 fully saturated rings. The van der Waals surface area contributed by atoms with E-state index in [9.17, 15) is 5.11 Å². The molecule has 2 atom stereocenters. The Balaban J connectivity index is 2.53. The summed E-state index contributed by atoms with van der Waals surface area (Å²) in [7, 11) is 0. The van der Waals surface area contributed by atoms with Crippen LogP contribution in [0.1, 0.15) is 17.9 Å². The van der Waals surface area contributed by atoms with Crippen LogP contribution in [0.5, 0.6) is 0 Å². The molecule has 2 N–H and O–H groups in total. The highest BCUT2D eigenvalue weighted by Gasteiger charge is 2.17. The first-order valence-electron chi connectivity index (χ1n) is 4.58. The van der Waals surface area contributed by atoms with Crippen LogP contribution in [0, 0.1) is 0 Å². The smallest absolute Gasteiger partial charge is 0.0862 e. The quantitative estimate of drug-likeness (QED) is 0.734. The number of aliphatic hydroxyl groups is 1. The van der Waals surface area contributed by atoms with Gasteiger partial charge < -0.3 is 10.1 Å². The Hall–Kier alpha value is -0.990. The highest BCUT2D eigenvalue weighted by molar-refractivity contribution is 6.22. The van der Waals surface area contributed by atoms with Gasteiger partial charge in [0.05, 0.1) is 11.5 Å². The summed E-state index contributed by atoms with van der Waals surface area (Å²) in [5.74, 6) is 0. The van der Waals surface area contributed by atoms with Crippen LogP contribution in [0.4, 0.5) is 0 Å². The third-order valence-corrected chi connectivity index (χ3v) is 2.94. The number of hydrogen-bond acceptors (Lipinski definition) is 1. The van der Waals surface area contributed by atoms with E-state index in [0.717, 1.165) is 16.5 Å². The van der Waals surface area contributed by atoms with Crippen LogP contribution < -0.4 is 0 Å². The molecule has 1 aromatic heterocycles. The van der Waals surface area contributed by atoms with E-state index >= 15 is 0 Å². The van der Waals surface area contributed by atoms with Crippen LogP contribution in [0.15, 0.2) is 30.5 Å². The maximum atomic E-state index is 9.41. The van der Waals surface area contributed by atoms with Gasteiger partial charge in [-0.1, -0.05) is 18.2 Å². The van der Waals surface area contributed by atoms with E-state index in [1.54, 1.807) is 6.92 Å². The first-order chi connectivity index (χ1) is 6.70. The lowest BCUT2D eigenvalue weighted by atomic mass is 10.1. The molecule has 0 aliphatic heterocycles. The molecule has 0 aliphatic carbocycles. The number of para-hydroxylation sites is 1. The highest BCUT2D eigenvalue weighted by Crippen LogP contribution is 2.30. The Labute approximate surface area is 87.5 Å². The predicted molar refractivity (Wildman–Crippen MR) is 58.6 cm³/mol. The highest BCUT2D eigenvalue weighted by atomic mass is 35.5. The maximum absolute atomic E-state index is 9.41. The van der Waals surface area contributed by atoms with Crippen LogP contribution in [0.25, 0.3) is 10.9 Å². The van der Waals surface area contributed by atoms with Crippen molar-refractivity contribution in [2.24, 2.45) is 0 Å². The molecule has 1 heterocycles. The third kappa shape index (κ3) is 1.51. The molecule has 0 amide bonds. The van der Waals surface area contributed by atoms with Gasteiger partial charge in [-0.25, -0.2) is 0 Å². The van der Waals surface area contributed by atoms with Crippen molar-refractivity contribution in [1.82, 2.24) is 4.98 Å². The molecule has 0 radical (unpaired) electrons. The summed E-state index contributed by atoms with van der Waals surface area (Å²) in [6, 6.07) is 7.92. The minimum absolute atomic E-state index is 0.355. The molecule has 3 heteroatoms. The van der Waals surface area contributed by atoms with E-state index in [1.165, 1.54) is 0 Å². The molecule has 2 nitrogen and oxygen atoms in total. The molecular formula is C11H12ClNO. The van der Waals surface area contributed by atoms with E-state index in [-0.39, 0.29) is 5.38 Å².